The molecule has 8 nitrogen and oxygen atoms in total. The standard InChI is InChI=1S/C16H28N6O2/c1-11(2)15(23)22-9-7-13(10-22)20-16(17-4)18-8-5-6-14-19-12(3)21-24-14/h11,13H,5-10H2,1-4H3,(H2,17,18,20). The van der Waals surface area contributed by atoms with Crippen LogP contribution in [0, 0.1) is 12.8 Å². The Labute approximate surface area is 143 Å². The third-order valence-electron chi connectivity index (χ3n) is 3.99. The van der Waals surface area contributed by atoms with E-state index in [0.717, 1.165) is 44.9 Å². The van der Waals surface area contributed by atoms with Gasteiger partial charge in [0.2, 0.25) is 11.8 Å². The van der Waals surface area contributed by atoms with Crippen molar-refractivity contribution in [3.8, 4) is 0 Å². The number of guanidine groups is 1. The van der Waals surface area contributed by atoms with Crippen LogP contribution >= 0.6 is 0 Å². The quantitative estimate of drug-likeness (QED) is 0.452. The lowest BCUT2D eigenvalue weighted by Gasteiger charge is -2.20. The molecule has 1 aliphatic rings. The van der Waals surface area contributed by atoms with Gasteiger partial charge in [0, 0.05) is 45.1 Å². The van der Waals surface area contributed by atoms with Crippen LogP contribution in [-0.2, 0) is 11.2 Å². The van der Waals surface area contributed by atoms with Gasteiger partial charge in [-0.15, -0.1) is 0 Å². The van der Waals surface area contributed by atoms with Gasteiger partial charge in [-0.05, 0) is 19.8 Å². The molecule has 8 heteroatoms. The number of hydrogen-bond acceptors (Lipinski definition) is 5. The highest BCUT2D eigenvalue weighted by Crippen LogP contribution is 2.12. The molecule has 0 saturated carbocycles. The Morgan fingerprint density at radius 3 is 2.92 bits per heavy atom. The van der Waals surface area contributed by atoms with Gasteiger partial charge in [0.1, 0.15) is 0 Å². The molecule has 2 heterocycles. The predicted octanol–water partition coefficient (Wildman–Crippen LogP) is 0.733. The summed E-state index contributed by atoms with van der Waals surface area (Å²) in [4.78, 5) is 22.4. The van der Waals surface area contributed by atoms with Crippen molar-refractivity contribution >= 4 is 11.9 Å². The second-order valence-electron chi connectivity index (χ2n) is 6.41. The number of carbonyl (C=O) groups excluding carboxylic acids is 1. The third-order valence-corrected chi connectivity index (χ3v) is 3.99. The predicted molar refractivity (Wildman–Crippen MR) is 91.7 cm³/mol. The second-order valence-corrected chi connectivity index (χ2v) is 6.41. The zero-order chi connectivity index (χ0) is 17.5. The number of likely N-dealkylation sites (tertiary alicyclic amines) is 1. The molecule has 0 aromatic carbocycles. The van der Waals surface area contributed by atoms with E-state index >= 15 is 0 Å². The molecule has 24 heavy (non-hydrogen) atoms. The minimum atomic E-state index is 0.0505. The monoisotopic (exact) mass is 336 g/mol. The van der Waals surface area contributed by atoms with E-state index in [1.54, 1.807) is 7.05 Å². The number of nitrogens with one attached hydrogen (secondary N) is 2. The number of aromatic nitrogens is 2. The molecule has 1 fully saturated rings. The maximum atomic E-state index is 12.0. The summed E-state index contributed by atoms with van der Waals surface area (Å²) in [5.74, 6) is 2.36. The summed E-state index contributed by atoms with van der Waals surface area (Å²) < 4.78 is 5.09. The molecule has 1 saturated heterocycles. The summed E-state index contributed by atoms with van der Waals surface area (Å²) in [6.45, 7) is 8.00. The first-order valence-corrected chi connectivity index (χ1v) is 8.54. The van der Waals surface area contributed by atoms with Crippen molar-refractivity contribution in [2.75, 3.05) is 26.7 Å². The molecular formula is C16H28N6O2. The van der Waals surface area contributed by atoms with Crippen LogP contribution in [0.4, 0.5) is 0 Å². The van der Waals surface area contributed by atoms with E-state index in [1.807, 2.05) is 25.7 Å². The summed E-state index contributed by atoms with van der Waals surface area (Å²) in [5, 5.41) is 10.4. The summed E-state index contributed by atoms with van der Waals surface area (Å²) in [6, 6.07) is 0.248. The van der Waals surface area contributed by atoms with Gasteiger partial charge in [-0.25, -0.2) is 0 Å². The van der Waals surface area contributed by atoms with Crippen LogP contribution in [0.15, 0.2) is 9.52 Å². The summed E-state index contributed by atoms with van der Waals surface area (Å²) in [7, 11) is 1.75. The average Bonchev–Trinajstić information content (AvgIpc) is 3.18. The van der Waals surface area contributed by atoms with Crippen molar-refractivity contribution in [2.45, 2.75) is 46.1 Å². The first-order valence-electron chi connectivity index (χ1n) is 8.54. The van der Waals surface area contributed by atoms with Gasteiger partial charge in [0.15, 0.2) is 11.8 Å². The van der Waals surface area contributed by atoms with E-state index in [4.69, 9.17) is 4.52 Å². The van der Waals surface area contributed by atoms with Gasteiger partial charge in [-0.2, -0.15) is 4.98 Å². The van der Waals surface area contributed by atoms with E-state index in [9.17, 15) is 4.79 Å². The third kappa shape index (κ3) is 5.21. The van der Waals surface area contributed by atoms with Crippen molar-refractivity contribution < 1.29 is 9.32 Å². The fraction of sp³-hybridized carbons (Fsp3) is 0.750. The molecule has 1 atom stereocenters. The average molecular weight is 336 g/mol. The van der Waals surface area contributed by atoms with Crippen molar-refractivity contribution in [1.82, 2.24) is 25.7 Å². The smallest absolute Gasteiger partial charge is 0.226 e. The van der Waals surface area contributed by atoms with Crippen molar-refractivity contribution in [2.24, 2.45) is 10.9 Å². The molecule has 2 rings (SSSR count). The maximum Gasteiger partial charge on any atom is 0.226 e. The Balaban J connectivity index is 1.68. The highest BCUT2D eigenvalue weighted by molar-refractivity contribution is 5.81. The minimum Gasteiger partial charge on any atom is -0.356 e. The topological polar surface area (TPSA) is 95.7 Å². The van der Waals surface area contributed by atoms with Crippen LogP contribution in [-0.4, -0.2) is 59.6 Å². The van der Waals surface area contributed by atoms with E-state index in [-0.39, 0.29) is 17.9 Å². The van der Waals surface area contributed by atoms with Gasteiger partial charge in [0.05, 0.1) is 0 Å². The molecule has 0 radical (unpaired) electrons. The van der Waals surface area contributed by atoms with Crippen LogP contribution in [0.3, 0.4) is 0 Å². The number of aliphatic imine (C=N–C) groups is 1. The van der Waals surface area contributed by atoms with Crippen LogP contribution in [0.5, 0.6) is 0 Å². The van der Waals surface area contributed by atoms with Crippen molar-refractivity contribution in [1.29, 1.82) is 0 Å². The molecule has 1 aromatic heterocycles. The summed E-state index contributed by atoms with van der Waals surface area (Å²) in [5.41, 5.74) is 0. The molecule has 1 aromatic rings. The number of rotatable bonds is 6. The number of carbonyl (C=O) groups is 1. The second kappa shape index (κ2) is 8.65. The van der Waals surface area contributed by atoms with E-state index < -0.39 is 0 Å². The zero-order valence-electron chi connectivity index (χ0n) is 15.0. The van der Waals surface area contributed by atoms with Gasteiger partial charge in [-0.3, -0.25) is 9.79 Å². The maximum absolute atomic E-state index is 12.0. The lowest BCUT2D eigenvalue weighted by atomic mass is 10.2. The molecule has 1 amide bonds. The molecule has 1 unspecified atom stereocenters. The fourth-order valence-corrected chi connectivity index (χ4v) is 2.72. The van der Waals surface area contributed by atoms with Crippen molar-refractivity contribution in [3.63, 3.8) is 0 Å². The van der Waals surface area contributed by atoms with Crippen LogP contribution < -0.4 is 10.6 Å². The van der Waals surface area contributed by atoms with Crippen LogP contribution in [0.2, 0.25) is 0 Å². The Bertz CT molecular complexity index is 569. The highest BCUT2D eigenvalue weighted by atomic mass is 16.5. The molecule has 0 aliphatic carbocycles. The molecular weight excluding hydrogens is 308 g/mol. The summed E-state index contributed by atoms with van der Waals surface area (Å²) >= 11 is 0. The Morgan fingerprint density at radius 1 is 1.50 bits per heavy atom. The first-order chi connectivity index (χ1) is 11.5. The zero-order valence-corrected chi connectivity index (χ0v) is 15.0. The first kappa shape index (κ1) is 18.2. The largest absolute Gasteiger partial charge is 0.356 e. The number of aryl methyl sites for hydroxylation is 2. The number of amides is 1. The van der Waals surface area contributed by atoms with E-state index in [0.29, 0.717) is 11.7 Å². The fourth-order valence-electron chi connectivity index (χ4n) is 2.72. The lowest BCUT2D eigenvalue weighted by molar-refractivity contribution is -0.133. The molecule has 134 valence electrons. The number of nitrogens with zero attached hydrogens (tertiary/aromatic N) is 4. The molecule has 2 N–H and O–H groups in total. The molecule has 0 bridgehead atoms. The van der Waals surface area contributed by atoms with E-state index in [2.05, 4.69) is 25.8 Å². The van der Waals surface area contributed by atoms with Crippen LogP contribution in [0.1, 0.15) is 38.4 Å². The lowest BCUT2D eigenvalue weighted by Crippen LogP contribution is -2.45. The molecule has 1 aliphatic heterocycles. The Kier molecular flexibility index (Phi) is 6.57. The van der Waals surface area contributed by atoms with Crippen LogP contribution in [0.25, 0.3) is 0 Å². The Hall–Kier alpha value is -2.12. The highest BCUT2D eigenvalue weighted by Gasteiger charge is 2.27. The van der Waals surface area contributed by atoms with Gasteiger partial charge in [0.25, 0.3) is 0 Å². The van der Waals surface area contributed by atoms with E-state index in [1.165, 1.54) is 0 Å². The normalized spacial score (nSPS) is 18.3. The SMILES string of the molecule is CN=C(NCCCc1nc(C)no1)NC1CCN(C(=O)C(C)C)C1. The van der Waals surface area contributed by atoms with Gasteiger partial charge < -0.3 is 20.1 Å². The molecule has 0 spiro atoms. The minimum absolute atomic E-state index is 0.0505. The van der Waals surface area contributed by atoms with Gasteiger partial charge in [-0.1, -0.05) is 19.0 Å². The summed E-state index contributed by atoms with van der Waals surface area (Å²) in [6.07, 6.45) is 2.57. The van der Waals surface area contributed by atoms with Crippen molar-refractivity contribution in [3.05, 3.63) is 11.7 Å². The van der Waals surface area contributed by atoms with Gasteiger partial charge >= 0.3 is 0 Å². The number of hydrogen-bond donors (Lipinski definition) is 2. The Morgan fingerprint density at radius 2 is 2.29 bits per heavy atom.